The zero-order valence-electron chi connectivity index (χ0n) is 12.7. The van der Waals surface area contributed by atoms with Crippen molar-refractivity contribution < 1.29 is 0 Å². The van der Waals surface area contributed by atoms with Gasteiger partial charge < -0.3 is 5.73 Å². The second-order valence-corrected chi connectivity index (χ2v) is 6.37. The number of nitrogens with zero attached hydrogens (tertiary/aromatic N) is 1. The highest BCUT2D eigenvalue weighted by atomic mass is 15.2. The van der Waals surface area contributed by atoms with Gasteiger partial charge in [0, 0.05) is 18.6 Å². The first kappa shape index (κ1) is 15.2. The van der Waals surface area contributed by atoms with Crippen LogP contribution in [-0.4, -0.2) is 24.5 Å². The lowest BCUT2D eigenvalue weighted by Crippen LogP contribution is -2.43. The highest BCUT2D eigenvalue weighted by Gasteiger charge is 2.28. The quantitative estimate of drug-likeness (QED) is 0.885. The zero-order valence-corrected chi connectivity index (χ0v) is 12.7. The van der Waals surface area contributed by atoms with Crippen molar-refractivity contribution in [1.82, 2.24) is 4.90 Å². The number of benzene rings is 1. The first-order valence-corrected chi connectivity index (χ1v) is 6.76. The Labute approximate surface area is 112 Å². The molecule has 0 heterocycles. The van der Waals surface area contributed by atoms with Crippen molar-refractivity contribution in [3.8, 4) is 0 Å². The maximum Gasteiger partial charge on any atom is 0.0470 e. The lowest BCUT2D eigenvalue weighted by atomic mass is 9.86. The van der Waals surface area contributed by atoms with E-state index < -0.39 is 0 Å². The fraction of sp³-hybridized carbons (Fsp3) is 0.625. The van der Waals surface area contributed by atoms with Gasteiger partial charge in [0.15, 0.2) is 0 Å². The molecule has 0 radical (unpaired) electrons. The Bertz CT molecular complexity index is 362. The van der Waals surface area contributed by atoms with E-state index in [-0.39, 0.29) is 5.41 Å². The average Bonchev–Trinajstić information content (AvgIpc) is 2.30. The van der Waals surface area contributed by atoms with Crippen molar-refractivity contribution in [2.24, 2.45) is 11.1 Å². The number of likely N-dealkylation sites (N-methyl/N-ethyl adjacent to an activating group) is 1. The monoisotopic (exact) mass is 248 g/mol. The Morgan fingerprint density at radius 2 is 1.67 bits per heavy atom. The van der Waals surface area contributed by atoms with Crippen molar-refractivity contribution in [3.05, 3.63) is 35.4 Å². The molecule has 0 bridgehead atoms. The van der Waals surface area contributed by atoms with E-state index in [0.717, 1.165) is 0 Å². The summed E-state index contributed by atoms with van der Waals surface area (Å²) in [6, 6.07) is 9.48. The molecule has 1 aromatic rings. The number of hydrogen-bond donors (Lipinski definition) is 1. The van der Waals surface area contributed by atoms with E-state index in [1.807, 2.05) is 0 Å². The molecule has 0 aromatic heterocycles. The maximum atomic E-state index is 5.98. The molecule has 2 N–H and O–H groups in total. The molecule has 2 atom stereocenters. The third kappa shape index (κ3) is 3.56. The van der Waals surface area contributed by atoms with Crippen molar-refractivity contribution in [2.75, 3.05) is 13.6 Å². The van der Waals surface area contributed by atoms with Crippen LogP contribution in [-0.2, 0) is 0 Å². The molecule has 0 spiro atoms. The zero-order chi connectivity index (χ0) is 13.9. The Morgan fingerprint density at radius 3 is 2.06 bits per heavy atom. The van der Waals surface area contributed by atoms with Gasteiger partial charge in [-0.15, -0.1) is 0 Å². The normalized spacial score (nSPS) is 15.8. The summed E-state index contributed by atoms with van der Waals surface area (Å²) < 4.78 is 0. The molecule has 1 rings (SSSR count). The van der Waals surface area contributed by atoms with Crippen LogP contribution in [0.1, 0.15) is 44.9 Å². The molecule has 18 heavy (non-hydrogen) atoms. The standard InChI is InChI=1S/C16H28N2/c1-12-7-9-14(10-8-12)15(11-17)18(6)13(2)16(3,4)5/h7-10,13,15H,11,17H2,1-6H3. The van der Waals surface area contributed by atoms with E-state index >= 15 is 0 Å². The van der Waals surface area contributed by atoms with Crippen LogP contribution >= 0.6 is 0 Å². The molecule has 0 saturated carbocycles. The minimum absolute atomic E-state index is 0.257. The van der Waals surface area contributed by atoms with Crippen LogP contribution in [0, 0.1) is 12.3 Å². The summed E-state index contributed by atoms with van der Waals surface area (Å²) in [6.45, 7) is 11.9. The topological polar surface area (TPSA) is 29.3 Å². The Kier molecular flexibility index (Phi) is 4.94. The van der Waals surface area contributed by atoms with Gasteiger partial charge in [-0.3, -0.25) is 4.90 Å². The van der Waals surface area contributed by atoms with Gasteiger partial charge >= 0.3 is 0 Å². The van der Waals surface area contributed by atoms with E-state index in [2.05, 4.69) is 70.8 Å². The van der Waals surface area contributed by atoms with Crippen LogP contribution in [0.3, 0.4) is 0 Å². The average molecular weight is 248 g/mol. The second kappa shape index (κ2) is 5.85. The lowest BCUT2D eigenvalue weighted by Gasteiger charge is -2.40. The summed E-state index contributed by atoms with van der Waals surface area (Å²) in [6.07, 6.45) is 0. The third-order valence-corrected chi connectivity index (χ3v) is 4.04. The molecular formula is C16H28N2. The van der Waals surface area contributed by atoms with Crippen molar-refractivity contribution in [1.29, 1.82) is 0 Å². The number of hydrogen-bond acceptors (Lipinski definition) is 2. The number of rotatable bonds is 4. The summed E-state index contributed by atoms with van der Waals surface area (Å²) >= 11 is 0. The fourth-order valence-corrected chi connectivity index (χ4v) is 2.21. The molecular weight excluding hydrogens is 220 g/mol. The van der Waals surface area contributed by atoms with Crippen molar-refractivity contribution >= 4 is 0 Å². The second-order valence-electron chi connectivity index (χ2n) is 6.37. The molecule has 0 aliphatic rings. The van der Waals surface area contributed by atoms with Crippen LogP contribution in [0.15, 0.2) is 24.3 Å². The van der Waals surface area contributed by atoms with Crippen LogP contribution in [0.25, 0.3) is 0 Å². The van der Waals surface area contributed by atoms with Gasteiger partial charge in [-0.05, 0) is 31.9 Å². The van der Waals surface area contributed by atoms with Gasteiger partial charge in [-0.1, -0.05) is 50.6 Å². The van der Waals surface area contributed by atoms with Crippen LogP contribution < -0.4 is 5.73 Å². The highest BCUT2D eigenvalue weighted by molar-refractivity contribution is 5.24. The summed E-state index contributed by atoms with van der Waals surface area (Å²) in [5.41, 5.74) is 8.84. The van der Waals surface area contributed by atoms with Gasteiger partial charge in [0.25, 0.3) is 0 Å². The smallest absolute Gasteiger partial charge is 0.0470 e. The molecule has 2 heteroatoms. The van der Waals surface area contributed by atoms with Gasteiger partial charge in [-0.2, -0.15) is 0 Å². The molecule has 102 valence electrons. The Balaban J connectivity index is 2.93. The predicted molar refractivity (Wildman–Crippen MR) is 79.7 cm³/mol. The summed E-state index contributed by atoms with van der Waals surface area (Å²) in [5, 5.41) is 0. The molecule has 0 aliphatic heterocycles. The summed E-state index contributed by atoms with van der Waals surface area (Å²) in [5.74, 6) is 0. The van der Waals surface area contributed by atoms with Crippen molar-refractivity contribution in [3.63, 3.8) is 0 Å². The van der Waals surface area contributed by atoms with E-state index in [1.165, 1.54) is 11.1 Å². The minimum atomic E-state index is 0.257. The molecule has 0 fully saturated rings. The van der Waals surface area contributed by atoms with Crippen LogP contribution in [0.2, 0.25) is 0 Å². The van der Waals surface area contributed by atoms with Crippen molar-refractivity contribution in [2.45, 2.75) is 46.7 Å². The highest BCUT2D eigenvalue weighted by Crippen LogP contribution is 2.29. The summed E-state index contributed by atoms with van der Waals surface area (Å²) in [7, 11) is 2.17. The van der Waals surface area contributed by atoms with Gasteiger partial charge in [0.05, 0.1) is 0 Å². The first-order chi connectivity index (χ1) is 8.27. The SMILES string of the molecule is Cc1ccc(C(CN)N(C)C(C)C(C)(C)C)cc1. The molecule has 0 amide bonds. The van der Waals surface area contributed by atoms with Gasteiger partial charge in [-0.25, -0.2) is 0 Å². The summed E-state index contributed by atoms with van der Waals surface area (Å²) in [4.78, 5) is 2.39. The van der Waals surface area contributed by atoms with E-state index in [0.29, 0.717) is 18.6 Å². The van der Waals surface area contributed by atoms with E-state index in [1.54, 1.807) is 0 Å². The van der Waals surface area contributed by atoms with Gasteiger partial charge in [0.1, 0.15) is 0 Å². The number of aryl methyl sites for hydroxylation is 1. The third-order valence-electron chi connectivity index (χ3n) is 4.04. The Hall–Kier alpha value is -0.860. The van der Waals surface area contributed by atoms with Gasteiger partial charge in [0.2, 0.25) is 0 Å². The predicted octanol–water partition coefficient (Wildman–Crippen LogP) is 3.36. The minimum Gasteiger partial charge on any atom is -0.329 e. The molecule has 0 saturated heterocycles. The van der Waals surface area contributed by atoms with E-state index in [4.69, 9.17) is 5.73 Å². The molecule has 2 unspecified atom stereocenters. The first-order valence-electron chi connectivity index (χ1n) is 6.76. The Morgan fingerprint density at radius 1 is 1.17 bits per heavy atom. The fourth-order valence-electron chi connectivity index (χ4n) is 2.21. The largest absolute Gasteiger partial charge is 0.329 e. The molecule has 2 nitrogen and oxygen atoms in total. The van der Waals surface area contributed by atoms with E-state index in [9.17, 15) is 0 Å². The lowest BCUT2D eigenvalue weighted by molar-refractivity contribution is 0.100. The number of nitrogens with two attached hydrogens (primary N) is 1. The molecule has 0 aliphatic carbocycles. The van der Waals surface area contributed by atoms with Crippen LogP contribution in [0.4, 0.5) is 0 Å². The molecule has 1 aromatic carbocycles. The van der Waals surface area contributed by atoms with Crippen LogP contribution in [0.5, 0.6) is 0 Å². The maximum absolute atomic E-state index is 5.98.